The minimum Gasteiger partial charge on any atom is -0.458 e. The van der Waals surface area contributed by atoms with Crippen molar-refractivity contribution in [3.05, 3.63) is 17.5 Å². The molecule has 3 atom stereocenters. The second-order valence-electron chi connectivity index (χ2n) is 3.80. The van der Waals surface area contributed by atoms with Crippen molar-refractivity contribution in [3.8, 4) is 0 Å². The molecule has 0 saturated carbocycles. The second kappa shape index (κ2) is 5.63. The molecule has 0 N–H and O–H groups in total. The van der Waals surface area contributed by atoms with Gasteiger partial charge in [0.2, 0.25) is 0 Å². The molecule has 1 aromatic rings. The Morgan fingerprint density at radius 3 is 2.83 bits per heavy atom. The highest BCUT2D eigenvalue weighted by atomic mass is 16.6. The van der Waals surface area contributed by atoms with Crippen molar-refractivity contribution in [1.82, 2.24) is 5.16 Å². The van der Waals surface area contributed by atoms with Gasteiger partial charge in [-0.25, -0.2) is 0 Å². The Labute approximate surface area is 103 Å². The molecule has 7 heteroatoms. The van der Waals surface area contributed by atoms with Crippen molar-refractivity contribution in [3.63, 3.8) is 0 Å². The highest BCUT2D eigenvalue weighted by Gasteiger charge is 2.43. The quantitative estimate of drug-likeness (QED) is 0.679. The van der Waals surface area contributed by atoms with Crippen molar-refractivity contribution in [2.45, 2.75) is 31.7 Å². The fourth-order valence-corrected chi connectivity index (χ4v) is 1.87. The van der Waals surface area contributed by atoms with Crippen LogP contribution >= 0.6 is 0 Å². The fourth-order valence-electron chi connectivity index (χ4n) is 1.87. The predicted molar refractivity (Wildman–Crippen MR) is 56.4 cm³/mol. The molecule has 1 aliphatic heterocycles. The van der Waals surface area contributed by atoms with Gasteiger partial charge in [-0.05, 0) is 6.42 Å². The van der Waals surface area contributed by atoms with Crippen LogP contribution in [0.3, 0.4) is 0 Å². The summed E-state index contributed by atoms with van der Waals surface area (Å²) in [5, 5.41) is 3.84. The standard InChI is InChI=1S/C11H13NO6/c1-2-7-3-8(18-12-7)10-11(17-6-14)9(4-15-10)16-5-13/h3,5-6,9-11H,2,4H2,1H3. The van der Waals surface area contributed by atoms with Gasteiger partial charge < -0.3 is 18.7 Å². The first-order valence-corrected chi connectivity index (χ1v) is 5.55. The van der Waals surface area contributed by atoms with Gasteiger partial charge in [-0.3, -0.25) is 9.59 Å². The summed E-state index contributed by atoms with van der Waals surface area (Å²) in [6.07, 6.45) is -1.23. The first-order valence-electron chi connectivity index (χ1n) is 5.55. The lowest BCUT2D eigenvalue weighted by atomic mass is 10.1. The van der Waals surface area contributed by atoms with Crippen molar-refractivity contribution in [2.24, 2.45) is 0 Å². The van der Waals surface area contributed by atoms with Crippen LogP contribution in [0, 0.1) is 0 Å². The van der Waals surface area contributed by atoms with E-state index in [0.717, 1.165) is 12.1 Å². The molecule has 0 spiro atoms. The van der Waals surface area contributed by atoms with E-state index in [9.17, 15) is 9.59 Å². The monoisotopic (exact) mass is 255 g/mol. The van der Waals surface area contributed by atoms with E-state index < -0.39 is 18.3 Å². The zero-order valence-electron chi connectivity index (χ0n) is 9.78. The molecule has 1 aliphatic rings. The summed E-state index contributed by atoms with van der Waals surface area (Å²) in [5.74, 6) is 0.454. The van der Waals surface area contributed by atoms with Crippen molar-refractivity contribution < 1.29 is 28.3 Å². The molecule has 0 bridgehead atoms. The summed E-state index contributed by atoms with van der Waals surface area (Å²) in [6.45, 7) is 2.68. The number of rotatable bonds is 6. The van der Waals surface area contributed by atoms with E-state index in [1.807, 2.05) is 6.92 Å². The van der Waals surface area contributed by atoms with Crippen molar-refractivity contribution in [2.75, 3.05) is 6.61 Å². The van der Waals surface area contributed by atoms with Crippen molar-refractivity contribution >= 4 is 12.9 Å². The molecule has 1 saturated heterocycles. The third-order valence-electron chi connectivity index (χ3n) is 2.77. The van der Waals surface area contributed by atoms with Crippen LogP contribution in [-0.2, 0) is 30.2 Å². The Hall–Kier alpha value is -1.89. The van der Waals surface area contributed by atoms with E-state index in [2.05, 4.69) is 5.16 Å². The number of ether oxygens (including phenoxy) is 3. The summed E-state index contributed by atoms with van der Waals surface area (Å²) < 4.78 is 20.3. The number of aryl methyl sites for hydroxylation is 1. The lowest BCUT2D eigenvalue weighted by Gasteiger charge is -2.17. The second-order valence-corrected chi connectivity index (χ2v) is 3.80. The molecular weight excluding hydrogens is 242 g/mol. The Kier molecular flexibility index (Phi) is 3.93. The molecule has 1 fully saturated rings. The number of hydrogen-bond acceptors (Lipinski definition) is 7. The van der Waals surface area contributed by atoms with E-state index >= 15 is 0 Å². The summed E-state index contributed by atoms with van der Waals surface area (Å²) in [7, 11) is 0. The summed E-state index contributed by atoms with van der Waals surface area (Å²) in [5.41, 5.74) is 0.776. The van der Waals surface area contributed by atoms with Crippen LogP contribution in [0.25, 0.3) is 0 Å². The normalized spacial score (nSPS) is 26.8. The molecule has 1 aromatic heterocycles. The summed E-state index contributed by atoms with van der Waals surface area (Å²) in [4.78, 5) is 20.8. The maximum Gasteiger partial charge on any atom is 0.293 e. The van der Waals surface area contributed by atoms with E-state index in [-0.39, 0.29) is 6.61 Å². The van der Waals surface area contributed by atoms with E-state index in [4.69, 9.17) is 18.7 Å². The maximum atomic E-state index is 10.5. The molecule has 98 valence electrons. The van der Waals surface area contributed by atoms with Gasteiger partial charge in [0.1, 0.15) is 0 Å². The third kappa shape index (κ3) is 2.35. The Morgan fingerprint density at radius 1 is 1.44 bits per heavy atom. The van der Waals surface area contributed by atoms with Gasteiger partial charge in [-0.2, -0.15) is 0 Å². The van der Waals surface area contributed by atoms with E-state index in [1.165, 1.54) is 0 Å². The lowest BCUT2D eigenvalue weighted by molar-refractivity contribution is -0.149. The van der Waals surface area contributed by atoms with Crippen LogP contribution in [-0.4, -0.2) is 36.9 Å². The number of carbonyl (C=O) groups excluding carboxylic acids is 2. The van der Waals surface area contributed by atoms with Crippen LogP contribution in [0.15, 0.2) is 10.6 Å². The molecular formula is C11H13NO6. The largest absolute Gasteiger partial charge is 0.458 e. The molecule has 0 amide bonds. The predicted octanol–water partition coefficient (Wildman–Crippen LogP) is 0.391. The molecule has 3 unspecified atom stereocenters. The van der Waals surface area contributed by atoms with E-state index in [1.54, 1.807) is 6.07 Å². The number of carbonyl (C=O) groups is 2. The fraction of sp³-hybridized carbons (Fsp3) is 0.545. The number of aromatic nitrogens is 1. The molecule has 0 aromatic carbocycles. The van der Waals surface area contributed by atoms with Crippen LogP contribution in [0.5, 0.6) is 0 Å². The minimum atomic E-state index is -0.717. The topological polar surface area (TPSA) is 87.9 Å². The molecule has 0 radical (unpaired) electrons. The average Bonchev–Trinajstić information content (AvgIpc) is 2.98. The number of nitrogens with zero attached hydrogens (tertiary/aromatic N) is 1. The van der Waals surface area contributed by atoms with Gasteiger partial charge in [-0.1, -0.05) is 12.1 Å². The van der Waals surface area contributed by atoms with Crippen LogP contribution in [0.2, 0.25) is 0 Å². The Morgan fingerprint density at radius 2 is 2.22 bits per heavy atom. The SMILES string of the molecule is CCc1cc(C2OCC(OC=O)C2OC=O)on1. The highest BCUT2D eigenvalue weighted by Crippen LogP contribution is 2.33. The molecule has 0 aliphatic carbocycles. The van der Waals surface area contributed by atoms with Gasteiger partial charge in [-0.15, -0.1) is 0 Å². The van der Waals surface area contributed by atoms with Crippen LogP contribution in [0.1, 0.15) is 24.5 Å². The molecule has 2 rings (SSSR count). The van der Waals surface area contributed by atoms with Gasteiger partial charge >= 0.3 is 0 Å². The zero-order valence-corrected chi connectivity index (χ0v) is 9.78. The lowest BCUT2D eigenvalue weighted by Crippen LogP contribution is -2.31. The van der Waals surface area contributed by atoms with Crippen molar-refractivity contribution in [1.29, 1.82) is 0 Å². The third-order valence-corrected chi connectivity index (χ3v) is 2.77. The van der Waals surface area contributed by atoms with Crippen LogP contribution in [0.4, 0.5) is 0 Å². The first-order chi connectivity index (χ1) is 8.80. The highest BCUT2D eigenvalue weighted by molar-refractivity contribution is 5.40. The average molecular weight is 255 g/mol. The van der Waals surface area contributed by atoms with E-state index in [0.29, 0.717) is 18.7 Å². The molecule has 18 heavy (non-hydrogen) atoms. The number of hydrogen-bond donors (Lipinski definition) is 0. The summed E-state index contributed by atoms with van der Waals surface area (Å²) in [6, 6.07) is 1.73. The Bertz CT molecular complexity index is 417. The molecule has 7 nitrogen and oxygen atoms in total. The van der Waals surface area contributed by atoms with Gasteiger partial charge in [0, 0.05) is 6.07 Å². The van der Waals surface area contributed by atoms with Crippen LogP contribution < -0.4 is 0 Å². The molecule has 2 heterocycles. The van der Waals surface area contributed by atoms with Gasteiger partial charge in [0.05, 0.1) is 12.3 Å². The Balaban J connectivity index is 2.15. The zero-order chi connectivity index (χ0) is 13.0. The summed E-state index contributed by atoms with van der Waals surface area (Å²) >= 11 is 0. The maximum absolute atomic E-state index is 10.5. The smallest absolute Gasteiger partial charge is 0.293 e. The van der Waals surface area contributed by atoms with Gasteiger partial charge in [0.25, 0.3) is 12.9 Å². The minimum absolute atomic E-state index is 0.143. The first kappa shape index (κ1) is 12.6. The van der Waals surface area contributed by atoms with Gasteiger partial charge in [0.15, 0.2) is 24.1 Å².